The Morgan fingerprint density at radius 2 is 1.79 bits per heavy atom. The van der Waals surface area contributed by atoms with Crippen molar-refractivity contribution in [3.05, 3.63) is 47.5 Å². The highest BCUT2D eigenvalue weighted by Crippen LogP contribution is 2.24. The number of nitrogens with zero attached hydrogens (tertiary/aromatic N) is 6. The van der Waals surface area contributed by atoms with Crippen molar-refractivity contribution < 1.29 is 14.3 Å². The maximum Gasteiger partial charge on any atom is 0.280 e. The van der Waals surface area contributed by atoms with Gasteiger partial charge in [0, 0.05) is 55.6 Å². The van der Waals surface area contributed by atoms with Crippen molar-refractivity contribution in [1.82, 2.24) is 14.9 Å². The molecule has 0 unspecified atom stereocenters. The number of morpholine rings is 1. The van der Waals surface area contributed by atoms with Crippen molar-refractivity contribution in [3.63, 3.8) is 0 Å². The lowest BCUT2D eigenvalue weighted by Gasteiger charge is -2.40. The Kier molecular flexibility index (Phi) is 10.0. The molecule has 12 nitrogen and oxygen atoms in total. The van der Waals surface area contributed by atoms with Gasteiger partial charge in [0.2, 0.25) is 0 Å². The van der Waals surface area contributed by atoms with E-state index < -0.39 is 11.3 Å². The molecule has 226 valence electrons. The van der Waals surface area contributed by atoms with E-state index in [1.807, 2.05) is 12.3 Å². The van der Waals surface area contributed by atoms with Crippen LogP contribution in [0.2, 0.25) is 0 Å². The van der Waals surface area contributed by atoms with Crippen LogP contribution >= 0.6 is 0 Å². The smallest absolute Gasteiger partial charge is 0.280 e. The minimum Gasteiger partial charge on any atom is -0.387 e. The lowest BCUT2D eigenvalue weighted by atomic mass is 9.89. The van der Waals surface area contributed by atoms with Crippen molar-refractivity contribution in [2.45, 2.75) is 53.0 Å². The molecule has 0 saturated carbocycles. The van der Waals surface area contributed by atoms with Crippen LogP contribution in [-0.4, -0.2) is 90.1 Å². The molecular weight excluding hydrogens is 534 g/mol. The summed E-state index contributed by atoms with van der Waals surface area (Å²) in [5.74, 6) is 5.61. The number of hydrazine groups is 1. The molecule has 2 fully saturated rings. The first-order chi connectivity index (χ1) is 19.9. The van der Waals surface area contributed by atoms with Crippen molar-refractivity contribution in [2.75, 3.05) is 55.8 Å². The van der Waals surface area contributed by atoms with Gasteiger partial charge in [-0.15, -0.1) is 0 Å². The summed E-state index contributed by atoms with van der Waals surface area (Å²) in [6, 6.07) is 4.14. The molecule has 2 aromatic rings. The summed E-state index contributed by atoms with van der Waals surface area (Å²) in [6.07, 6.45) is 6.97. The van der Waals surface area contributed by atoms with Gasteiger partial charge in [-0.05, 0) is 31.9 Å². The number of amidine groups is 1. The summed E-state index contributed by atoms with van der Waals surface area (Å²) in [5, 5.41) is 10.1. The topological polar surface area (TPSA) is 167 Å². The number of ketones is 1. The third-order valence-electron chi connectivity index (χ3n) is 7.83. The van der Waals surface area contributed by atoms with Crippen LogP contribution in [-0.2, 0) is 9.53 Å². The second-order valence-corrected chi connectivity index (χ2v) is 12.0. The maximum atomic E-state index is 12.8. The Hall–Kier alpha value is -3.74. The van der Waals surface area contributed by atoms with E-state index in [1.54, 1.807) is 40.0 Å². The second kappa shape index (κ2) is 13.5. The Morgan fingerprint density at radius 1 is 1.10 bits per heavy atom. The number of ether oxygens (including phenoxy) is 1. The van der Waals surface area contributed by atoms with Crippen molar-refractivity contribution in [1.29, 1.82) is 5.41 Å². The van der Waals surface area contributed by atoms with Crippen molar-refractivity contribution in [3.8, 4) is 0 Å². The fraction of sp³-hybridized carbons (Fsp3) is 0.533. The van der Waals surface area contributed by atoms with Gasteiger partial charge in [-0.2, -0.15) is 4.99 Å². The van der Waals surface area contributed by atoms with E-state index >= 15 is 0 Å². The number of piperidine rings is 1. The van der Waals surface area contributed by atoms with Gasteiger partial charge in [0.25, 0.3) is 5.91 Å². The van der Waals surface area contributed by atoms with Gasteiger partial charge in [0.15, 0.2) is 0 Å². The Bertz CT molecular complexity index is 1320. The summed E-state index contributed by atoms with van der Waals surface area (Å²) >= 11 is 0. The van der Waals surface area contributed by atoms with Crippen LogP contribution in [0.15, 0.2) is 35.7 Å². The van der Waals surface area contributed by atoms with Gasteiger partial charge in [0.1, 0.15) is 11.6 Å². The van der Waals surface area contributed by atoms with Gasteiger partial charge in [-0.3, -0.25) is 24.5 Å². The first-order valence-electron chi connectivity index (χ1n) is 14.4. The zero-order valence-electron chi connectivity index (χ0n) is 25.1. The van der Waals surface area contributed by atoms with E-state index in [0.717, 1.165) is 57.9 Å². The summed E-state index contributed by atoms with van der Waals surface area (Å²) in [4.78, 5) is 42.5. The molecule has 2 saturated heterocycles. The molecule has 4 heterocycles. The number of amides is 1. The standard InChI is InChI=1S/C30H43N9O3/c1-20-26(14-22(17-35-20)29(41)36-28(32)15-27(40)30(2,3)4)39(33)19-25(31)21-13-24(18-34-16-21)37-7-5-23(6-8-37)38-9-11-42-12-10-38/h13-14,16-18,23,31H,5-12,15,19,33H2,1-4H3,(H2,32,36,41). The van der Waals surface area contributed by atoms with E-state index in [1.165, 1.54) is 11.2 Å². The molecular formula is C30H43N9O3. The lowest BCUT2D eigenvalue weighted by molar-refractivity contribution is -0.125. The highest BCUT2D eigenvalue weighted by molar-refractivity contribution is 6.09. The Labute approximate surface area is 247 Å². The quantitative estimate of drug-likeness (QED) is 0.174. The van der Waals surface area contributed by atoms with Crippen LogP contribution in [0.5, 0.6) is 0 Å². The first-order valence-corrected chi connectivity index (χ1v) is 14.4. The van der Waals surface area contributed by atoms with Gasteiger partial charge in [0.05, 0.1) is 60.7 Å². The second-order valence-electron chi connectivity index (χ2n) is 12.0. The van der Waals surface area contributed by atoms with Gasteiger partial charge < -0.3 is 25.8 Å². The third kappa shape index (κ3) is 7.96. The number of aromatic nitrogens is 2. The Morgan fingerprint density at radius 3 is 2.45 bits per heavy atom. The van der Waals surface area contributed by atoms with Crippen LogP contribution < -0.4 is 21.5 Å². The zero-order valence-corrected chi connectivity index (χ0v) is 25.1. The summed E-state index contributed by atoms with van der Waals surface area (Å²) in [5.41, 5.74) is 8.53. The third-order valence-corrected chi connectivity index (χ3v) is 7.83. The molecule has 0 atom stereocenters. The number of nitrogens with two attached hydrogens (primary N) is 2. The van der Waals surface area contributed by atoms with E-state index in [9.17, 15) is 9.59 Å². The first kappa shape index (κ1) is 31.2. The number of hydrogen-bond donors (Lipinski definition) is 3. The maximum absolute atomic E-state index is 12.8. The lowest BCUT2D eigenvalue weighted by Crippen LogP contribution is -2.49. The number of Topliss-reactive ketones (excluding diaryl/α,β-unsaturated/α-hetero) is 1. The molecule has 2 aromatic heterocycles. The monoisotopic (exact) mass is 577 g/mol. The molecule has 0 bridgehead atoms. The highest BCUT2D eigenvalue weighted by atomic mass is 16.5. The number of aryl methyl sites for hydroxylation is 1. The van der Waals surface area contributed by atoms with E-state index in [0.29, 0.717) is 23.0 Å². The van der Waals surface area contributed by atoms with Crippen molar-refractivity contribution in [2.24, 2.45) is 22.0 Å². The fourth-order valence-electron chi connectivity index (χ4n) is 5.14. The van der Waals surface area contributed by atoms with Gasteiger partial charge in [-0.1, -0.05) is 20.8 Å². The summed E-state index contributed by atoms with van der Waals surface area (Å²) in [6.45, 7) is 12.7. The number of hydrogen-bond acceptors (Lipinski definition) is 10. The van der Waals surface area contributed by atoms with E-state index in [2.05, 4.69) is 24.8 Å². The normalized spacial score (nSPS) is 17.3. The van der Waals surface area contributed by atoms with E-state index in [-0.39, 0.29) is 35.9 Å². The molecule has 0 aromatic carbocycles. The molecule has 42 heavy (non-hydrogen) atoms. The molecule has 0 aliphatic carbocycles. The average molecular weight is 578 g/mol. The molecule has 12 heteroatoms. The fourth-order valence-corrected chi connectivity index (χ4v) is 5.14. The van der Waals surface area contributed by atoms with E-state index in [4.69, 9.17) is 21.7 Å². The number of rotatable bonds is 9. The predicted octanol–water partition coefficient (Wildman–Crippen LogP) is 2.34. The molecule has 0 radical (unpaired) electrons. The number of nitrogens with one attached hydrogen (secondary N) is 1. The number of carbonyl (C=O) groups is 2. The number of aliphatic imine (C=N–C) groups is 1. The molecule has 2 aliphatic heterocycles. The highest BCUT2D eigenvalue weighted by Gasteiger charge is 2.26. The number of anilines is 2. The molecule has 2 aliphatic rings. The summed E-state index contributed by atoms with van der Waals surface area (Å²) in [7, 11) is 0. The molecule has 0 spiro atoms. The predicted molar refractivity (Wildman–Crippen MR) is 164 cm³/mol. The van der Waals surface area contributed by atoms with Crippen LogP contribution in [0, 0.1) is 17.7 Å². The molecule has 4 rings (SSSR count). The summed E-state index contributed by atoms with van der Waals surface area (Å²) < 4.78 is 5.50. The largest absolute Gasteiger partial charge is 0.387 e. The van der Waals surface area contributed by atoms with Crippen LogP contribution in [0.25, 0.3) is 0 Å². The SMILES string of the molecule is Cc1ncc(C(=O)N=C(N)CC(=O)C(C)(C)C)cc1N(N)CC(=N)c1cncc(N2CCC(N3CCOCC3)CC2)c1. The van der Waals surface area contributed by atoms with Crippen LogP contribution in [0.4, 0.5) is 11.4 Å². The van der Waals surface area contributed by atoms with Crippen LogP contribution in [0.1, 0.15) is 61.6 Å². The minimum absolute atomic E-state index is 0.0499. The Balaban J connectivity index is 1.38. The van der Waals surface area contributed by atoms with Crippen LogP contribution in [0.3, 0.4) is 0 Å². The van der Waals surface area contributed by atoms with Crippen molar-refractivity contribution >= 4 is 34.6 Å². The van der Waals surface area contributed by atoms with Gasteiger partial charge >= 0.3 is 0 Å². The minimum atomic E-state index is -0.610. The number of carbonyl (C=O) groups excluding carboxylic acids is 2. The zero-order chi connectivity index (χ0) is 30.4. The molecule has 5 N–H and O–H groups in total. The molecule has 1 amide bonds. The number of pyridine rings is 2. The van der Waals surface area contributed by atoms with Gasteiger partial charge in [-0.25, -0.2) is 5.84 Å². The average Bonchev–Trinajstić information content (AvgIpc) is 2.97.